The number of esters is 1. The van der Waals surface area contributed by atoms with Gasteiger partial charge in [-0.2, -0.15) is 0 Å². The third kappa shape index (κ3) is 4.60. The quantitative estimate of drug-likeness (QED) is 0.446. The van der Waals surface area contributed by atoms with E-state index >= 15 is 0 Å². The van der Waals surface area contributed by atoms with Gasteiger partial charge in [0.25, 0.3) is 0 Å². The van der Waals surface area contributed by atoms with Crippen LogP contribution in [0, 0.1) is 6.92 Å². The first-order chi connectivity index (χ1) is 11.5. The highest BCUT2D eigenvalue weighted by Crippen LogP contribution is 2.32. The summed E-state index contributed by atoms with van der Waals surface area (Å²) >= 11 is 5.97. The second-order valence-electron chi connectivity index (χ2n) is 5.14. The van der Waals surface area contributed by atoms with Crippen molar-refractivity contribution in [2.45, 2.75) is 6.92 Å². The molecule has 126 valence electrons. The molecule has 0 aliphatic rings. The topological polar surface area (TPSA) is 44.8 Å². The van der Waals surface area contributed by atoms with E-state index in [0.29, 0.717) is 16.3 Å². The number of carbonyl (C=O) groups excluding carboxylic acids is 1. The molecule has 0 bridgehead atoms. The van der Waals surface area contributed by atoms with Crippen LogP contribution in [0.4, 0.5) is 0 Å². The summed E-state index contributed by atoms with van der Waals surface area (Å²) in [6.07, 6.45) is 1.44. The zero-order valence-corrected chi connectivity index (χ0v) is 14.6. The van der Waals surface area contributed by atoms with Crippen LogP contribution in [-0.2, 0) is 14.3 Å². The van der Waals surface area contributed by atoms with Crippen LogP contribution in [0.25, 0.3) is 5.57 Å². The summed E-state index contributed by atoms with van der Waals surface area (Å²) in [7, 11) is 2.90. The summed E-state index contributed by atoms with van der Waals surface area (Å²) in [6.45, 7) is 2.09. The minimum Gasteiger partial charge on any atom is -0.467 e. The van der Waals surface area contributed by atoms with E-state index in [2.05, 4.69) is 0 Å². The van der Waals surface area contributed by atoms with Gasteiger partial charge < -0.3 is 14.2 Å². The Balaban J connectivity index is 2.59. The number of rotatable bonds is 6. The van der Waals surface area contributed by atoms with E-state index in [4.69, 9.17) is 25.8 Å². The molecule has 0 unspecified atom stereocenters. The van der Waals surface area contributed by atoms with Gasteiger partial charge in [-0.15, -0.1) is 0 Å². The van der Waals surface area contributed by atoms with Crippen LogP contribution in [0.2, 0.25) is 5.02 Å². The number of hydrogen-bond donors (Lipinski definition) is 0. The van der Waals surface area contributed by atoms with Gasteiger partial charge in [0.05, 0.1) is 7.11 Å². The number of methoxy groups -OCH3 is 2. The molecule has 24 heavy (non-hydrogen) atoms. The summed E-state index contributed by atoms with van der Waals surface area (Å²) in [5.74, 6) is 0.173. The maximum Gasteiger partial charge on any atom is 0.331 e. The molecule has 0 fully saturated rings. The Labute approximate surface area is 146 Å². The van der Waals surface area contributed by atoms with Gasteiger partial charge in [0.2, 0.25) is 0 Å². The van der Waals surface area contributed by atoms with Gasteiger partial charge in [-0.25, -0.2) is 4.79 Å². The Kier molecular flexibility index (Phi) is 6.41. The van der Waals surface area contributed by atoms with Gasteiger partial charge in [-0.3, -0.25) is 0 Å². The van der Waals surface area contributed by atoms with E-state index in [1.807, 2.05) is 37.3 Å². The molecule has 0 saturated heterocycles. The zero-order chi connectivity index (χ0) is 17.5. The lowest BCUT2D eigenvalue weighted by molar-refractivity contribution is -0.134. The molecule has 0 atom stereocenters. The van der Waals surface area contributed by atoms with Gasteiger partial charge in [-0.1, -0.05) is 35.4 Å². The van der Waals surface area contributed by atoms with Gasteiger partial charge in [-0.05, 0) is 42.3 Å². The third-order valence-electron chi connectivity index (χ3n) is 3.38. The van der Waals surface area contributed by atoms with Gasteiger partial charge >= 0.3 is 5.97 Å². The molecule has 0 saturated carbocycles. The van der Waals surface area contributed by atoms with Gasteiger partial charge in [0.1, 0.15) is 5.75 Å². The highest BCUT2D eigenvalue weighted by molar-refractivity contribution is 6.30. The van der Waals surface area contributed by atoms with Crippen molar-refractivity contribution in [3.8, 4) is 5.75 Å². The van der Waals surface area contributed by atoms with Crippen molar-refractivity contribution in [2.75, 3.05) is 21.0 Å². The highest BCUT2D eigenvalue weighted by Gasteiger charge is 2.14. The Morgan fingerprint density at radius 1 is 1.12 bits per heavy atom. The second-order valence-corrected chi connectivity index (χ2v) is 5.57. The van der Waals surface area contributed by atoms with E-state index in [1.165, 1.54) is 13.2 Å². The average Bonchev–Trinajstić information content (AvgIpc) is 2.59. The van der Waals surface area contributed by atoms with E-state index in [0.717, 1.165) is 16.7 Å². The summed E-state index contributed by atoms with van der Waals surface area (Å²) in [5, 5.41) is 0.622. The van der Waals surface area contributed by atoms with Crippen LogP contribution < -0.4 is 4.74 Å². The molecule has 0 radical (unpaired) electrons. The van der Waals surface area contributed by atoms with Crippen molar-refractivity contribution in [1.82, 2.24) is 0 Å². The van der Waals surface area contributed by atoms with Gasteiger partial charge in [0, 0.05) is 23.8 Å². The summed E-state index contributed by atoms with van der Waals surface area (Å²) < 4.78 is 15.4. The minimum absolute atomic E-state index is 0.113. The molecule has 0 aliphatic heterocycles. The number of ether oxygens (including phenoxy) is 3. The Hall–Kier alpha value is -2.30. The number of carbonyl (C=O) groups is 1. The van der Waals surface area contributed by atoms with Gasteiger partial charge in [0.15, 0.2) is 6.79 Å². The molecule has 2 rings (SSSR count). The van der Waals surface area contributed by atoms with Crippen LogP contribution >= 0.6 is 11.6 Å². The smallest absolute Gasteiger partial charge is 0.331 e. The molecule has 0 N–H and O–H groups in total. The van der Waals surface area contributed by atoms with Crippen LogP contribution in [0.5, 0.6) is 5.75 Å². The summed E-state index contributed by atoms with van der Waals surface area (Å²) in [4.78, 5) is 11.9. The number of benzene rings is 2. The lowest BCUT2D eigenvalue weighted by atomic mass is 9.95. The maximum atomic E-state index is 11.9. The average molecular weight is 347 g/mol. The van der Waals surface area contributed by atoms with E-state index in [9.17, 15) is 4.79 Å². The van der Waals surface area contributed by atoms with E-state index < -0.39 is 5.97 Å². The van der Waals surface area contributed by atoms with E-state index in [1.54, 1.807) is 19.2 Å². The van der Waals surface area contributed by atoms with Crippen molar-refractivity contribution in [1.29, 1.82) is 0 Å². The fraction of sp³-hybridized carbons (Fsp3) is 0.211. The van der Waals surface area contributed by atoms with Crippen LogP contribution in [0.15, 0.2) is 48.5 Å². The first-order valence-corrected chi connectivity index (χ1v) is 7.71. The molecule has 0 amide bonds. The summed E-state index contributed by atoms with van der Waals surface area (Å²) in [5.41, 5.74) is 3.34. The molecule has 5 heteroatoms. The molecule has 0 spiro atoms. The first-order valence-electron chi connectivity index (χ1n) is 7.33. The van der Waals surface area contributed by atoms with Crippen molar-refractivity contribution < 1.29 is 19.0 Å². The predicted octanol–water partition coefficient (Wildman–Crippen LogP) is 4.24. The second kappa shape index (κ2) is 8.52. The lowest BCUT2D eigenvalue weighted by Crippen LogP contribution is -2.04. The van der Waals surface area contributed by atoms with Crippen molar-refractivity contribution in [3.63, 3.8) is 0 Å². The molecule has 0 heterocycles. The molecular formula is C19H19ClO4. The number of halogens is 1. The highest BCUT2D eigenvalue weighted by atomic mass is 35.5. The molecule has 4 nitrogen and oxygen atoms in total. The monoisotopic (exact) mass is 346 g/mol. The maximum absolute atomic E-state index is 11.9. The zero-order valence-electron chi connectivity index (χ0n) is 13.8. The summed E-state index contributed by atoms with van der Waals surface area (Å²) in [6, 6.07) is 13.0. The molecule has 2 aromatic rings. The third-order valence-corrected chi connectivity index (χ3v) is 3.63. The molecule has 2 aromatic carbocycles. The minimum atomic E-state index is -0.445. The van der Waals surface area contributed by atoms with Crippen LogP contribution in [0.3, 0.4) is 0 Å². The van der Waals surface area contributed by atoms with Crippen LogP contribution in [0.1, 0.15) is 16.7 Å². The Bertz CT molecular complexity index is 736. The van der Waals surface area contributed by atoms with Crippen molar-refractivity contribution in [3.05, 3.63) is 70.3 Å². The van der Waals surface area contributed by atoms with Crippen LogP contribution in [-0.4, -0.2) is 27.0 Å². The predicted molar refractivity (Wildman–Crippen MR) is 94.2 cm³/mol. The first kappa shape index (κ1) is 18.0. The fourth-order valence-electron chi connectivity index (χ4n) is 2.23. The molecule has 0 aliphatic carbocycles. The SMILES string of the molecule is COCOc1ccc(C)cc1/C(=C/C(=O)OC)c1ccc(Cl)cc1. The van der Waals surface area contributed by atoms with E-state index in [-0.39, 0.29) is 6.79 Å². The number of hydrogen-bond acceptors (Lipinski definition) is 4. The fourth-order valence-corrected chi connectivity index (χ4v) is 2.35. The Morgan fingerprint density at radius 3 is 2.46 bits per heavy atom. The van der Waals surface area contributed by atoms with Crippen molar-refractivity contribution in [2.24, 2.45) is 0 Å². The molecular weight excluding hydrogens is 328 g/mol. The Morgan fingerprint density at radius 2 is 1.83 bits per heavy atom. The van der Waals surface area contributed by atoms with Crippen molar-refractivity contribution >= 4 is 23.1 Å². The lowest BCUT2D eigenvalue weighted by Gasteiger charge is -2.15. The standard InChI is InChI=1S/C19H19ClO4/c1-13-4-9-18(24-12-22-2)17(10-13)16(11-19(21)23-3)14-5-7-15(20)8-6-14/h4-11H,12H2,1-3H3/b16-11+. The number of aryl methyl sites for hydroxylation is 1. The normalized spacial score (nSPS) is 11.2. The largest absolute Gasteiger partial charge is 0.467 e. The molecule has 0 aromatic heterocycles.